The monoisotopic (exact) mass is 1120 g/mol. The normalized spacial score (nSPS) is 14.2. The molecule has 0 radical (unpaired) electrons. The molecule has 0 aliphatic rings. The number of amides is 1. The van der Waals surface area contributed by atoms with Gasteiger partial charge in [0, 0.05) is 12.8 Å². The molecule has 3 unspecified atom stereocenters. The summed E-state index contributed by atoms with van der Waals surface area (Å²) < 4.78 is 30.3. The molecule has 9 nitrogen and oxygen atoms in total. The molecule has 3 atom stereocenters. The van der Waals surface area contributed by atoms with E-state index in [2.05, 4.69) is 99.0 Å². The molecule has 1 amide bonds. The number of hydrogen-bond donors (Lipinski definition) is 1. The summed E-state index contributed by atoms with van der Waals surface area (Å²) in [6, 6.07) is -0.900. The van der Waals surface area contributed by atoms with Gasteiger partial charge in [-0.2, -0.15) is 0 Å². The molecule has 0 spiro atoms. The maximum absolute atomic E-state index is 13.6. The predicted molar refractivity (Wildman–Crippen MR) is 339 cm³/mol. The van der Waals surface area contributed by atoms with Crippen molar-refractivity contribution < 1.29 is 37.3 Å². The molecule has 0 bridgehead atoms. The molecule has 79 heavy (non-hydrogen) atoms. The number of rotatable bonds is 59. The van der Waals surface area contributed by atoms with Crippen LogP contribution in [0.3, 0.4) is 0 Å². The zero-order valence-electron chi connectivity index (χ0n) is 52.3. The number of hydrogen-bond acceptors (Lipinski definition) is 7. The summed E-state index contributed by atoms with van der Waals surface area (Å²) in [6.07, 6.45) is 77.0. The third-order valence-electron chi connectivity index (χ3n) is 14.4. The number of phosphoric acid groups is 1. The molecule has 458 valence electrons. The van der Waals surface area contributed by atoms with Crippen LogP contribution in [0.4, 0.5) is 0 Å². The van der Waals surface area contributed by atoms with E-state index in [9.17, 15) is 19.0 Å². The molecule has 0 aromatic heterocycles. The first kappa shape index (κ1) is 76.2. The van der Waals surface area contributed by atoms with Gasteiger partial charge in [-0.1, -0.05) is 273 Å². The molecule has 0 saturated heterocycles. The Morgan fingerprint density at radius 3 is 1.34 bits per heavy atom. The zero-order valence-corrected chi connectivity index (χ0v) is 53.2. The van der Waals surface area contributed by atoms with E-state index in [1.165, 1.54) is 161 Å². The molecule has 0 rings (SSSR count). The predicted octanol–water partition coefficient (Wildman–Crippen LogP) is 19.9. The van der Waals surface area contributed by atoms with Crippen molar-refractivity contribution in [3.8, 4) is 0 Å². The van der Waals surface area contributed by atoms with E-state index in [1.54, 1.807) is 0 Å². The highest BCUT2D eigenvalue weighted by molar-refractivity contribution is 7.45. The number of carbonyl (C=O) groups excluding carboxylic acids is 2. The molecule has 10 heteroatoms. The van der Waals surface area contributed by atoms with Crippen molar-refractivity contribution in [2.45, 2.75) is 303 Å². The van der Waals surface area contributed by atoms with Crippen LogP contribution in [0.15, 0.2) is 85.1 Å². The average molecular weight is 1130 g/mol. The lowest BCUT2D eigenvalue weighted by molar-refractivity contribution is -0.870. The van der Waals surface area contributed by atoms with Gasteiger partial charge in [0.25, 0.3) is 7.82 Å². The molecular weight excluding hydrogens is 1000 g/mol. The van der Waals surface area contributed by atoms with E-state index in [0.717, 1.165) is 89.9 Å². The fourth-order valence-electron chi connectivity index (χ4n) is 9.29. The second-order valence-electron chi connectivity index (χ2n) is 23.3. The van der Waals surface area contributed by atoms with Crippen molar-refractivity contribution >= 4 is 19.7 Å². The lowest BCUT2D eigenvalue weighted by atomic mass is 10.0. The second kappa shape index (κ2) is 58.4. The van der Waals surface area contributed by atoms with Crippen molar-refractivity contribution in [3.63, 3.8) is 0 Å². The third-order valence-corrected chi connectivity index (χ3v) is 15.3. The number of esters is 1. The number of carbonyl (C=O) groups is 2. The number of ether oxygens (including phenoxy) is 1. The van der Waals surface area contributed by atoms with E-state index >= 15 is 0 Å². The minimum Gasteiger partial charge on any atom is -0.756 e. The molecule has 1 N–H and O–H groups in total. The van der Waals surface area contributed by atoms with E-state index in [-0.39, 0.29) is 24.9 Å². The number of nitrogens with one attached hydrogen (secondary N) is 1. The van der Waals surface area contributed by atoms with Gasteiger partial charge in [-0.05, 0) is 89.5 Å². The van der Waals surface area contributed by atoms with E-state index in [1.807, 2.05) is 33.3 Å². The number of quaternary nitrogens is 1. The van der Waals surface area contributed by atoms with Gasteiger partial charge >= 0.3 is 5.97 Å². The fraction of sp³-hybridized carbons (Fsp3) is 0.768. The number of nitrogens with zero attached hydrogens (tertiary/aromatic N) is 1. The number of phosphoric ester groups is 1. The molecule has 0 aromatic rings. The van der Waals surface area contributed by atoms with Crippen LogP contribution in [0.25, 0.3) is 0 Å². The highest BCUT2D eigenvalue weighted by atomic mass is 31.2. The van der Waals surface area contributed by atoms with Gasteiger partial charge < -0.3 is 28.5 Å². The van der Waals surface area contributed by atoms with Gasteiger partial charge in [-0.3, -0.25) is 14.2 Å². The van der Waals surface area contributed by atoms with Crippen LogP contribution in [0.5, 0.6) is 0 Å². The van der Waals surface area contributed by atoms with Crippen LogP contribution >= 0.6 is 7.82 Å². The quantitative estimate of drug-likeness (QED) is 0.0161. The standard InChI is InChI=1S/C69H125N2O7P/c1-7-10-13-16-19-22-25-28-29-30-31-32-33-34-35-36-37-38-39-40-41-44-46-49-52-55-58-61-68(72)70-66(65-77-79(74,75)76-64-63-71(4,5)6)67(60-57-54-51-48-45-42-26-23-20-17-14-11-8-2)78-69(73)62-59-56-53-50-47-43-27-24-21-18-15-12-9-3/h12,15,18-19,21-22,24,27-29,31-32,57,60,66-67H,7-11,13-14,16-17,20,23,25-26,30,33-56,58-59,61-65H2,1-6H3,(H-,70,72,74,75)/b15-12+,21-18+,22-19-,27-24-,29-28-,32-31-,60-57-. The van der Waals surface area contributed by atoms with Gasteiger partial charge in [-0.25, -0.2) is 0 Å². The zero-order chi connectivity index (χ0) is 57.9. The Bertz CT molecular complexity index is 1630. The molecule has 0 aliphatic carbocycles. The smallest absolute Gasteiger partial charge is 0.306 e. The summed E-state index contributed by atoms with van der Waals surface area (Å²) in [5.74, 6) is -0.563. The van der Waals surface area contributed by atoms with Crippen molar-refractivity contribution in [2.75, 3.05) is 40.9 Å². The molecule has 0 aliphatic heterocycles. The lowest BCUT2D eigenvalue weighted by Gasteiger charge is -2.30. The number of unbranched alkanes of at least 4 members (excludes halogenated alkanes) is 33. The van der Waals surface area contributed by atoms with Crippen molar-refractivity contribution in [1.29, 1.82) is 0 Å². The van der Waals surface area contributed by atoms with Crippen LogP contribution in [0.2, 0.25) is 0 Å². The summed E-state index contributed by atoms with van der Waals surface area (Å²) in [4.78, 5) is 40.0. The Labute approximate surface area is 488 Å². The molecule has 0 fully saturated rings. The van der Waals surface area contributed by atoms with E-state index in [0.29, 0.717) is 23.9 Å². The summed E-state index contributed by atoms with van der Waals surface area (Å²) in [7, 11) is 1.17. The largest absolute Gasteiger partial charge is 0.756 e. The molecular formula is C69H125N2O7P. The maximum atomic E-state index is 13.6. The van der Waals surface area contributed by atoms with Crippen LogP contribution in [0.1, 0.15) is 290 Å². The summed E-state index contributed by atoms with van der Waals surface area (Å²) in [5, 5.41) is 3.03. The fourth-order valence-corrected chi connectivity index (χ4v) is 10.0. The van der Waals surface area contributed by atoms with Crippen LogP contribution in [0, 0.1) is 0 Å². The average Bonchev–Trinajstić information content (AvgIpc) is 3.41. The van der Waals surface area contributed by atoms with E-state index < -0.39 is 26.6 Å². The number of likely N-dealkylation sites (N-methyl/N-ethyl adjacent to an activating group) is 1. The SMILES string of the molecule is CC/C=C/C=C/C=C\CCCCCCCC(=O)OC(/C=C\CCCCCCCCCCCCC)C(COP(=O)([O-])OCC[N+](C)(C)C)NC(=O)CCCCCCCCCCCCCCCC/C=C\C/C=C\C/C=C\CCCCC. The Kier molecular flexibility index (Phi) is 56.3. The maximum Gasteiger partial charge on any atom is 0.306 e. The lowest BCUT2D eigenvalue weighted by Crippen LogP contribution is -2.47. The molecule has 0 saturated carbocycles. The third kappa shape index (κ3) is 59.6. The Morgan fingerprint density at radius 2 is 0.861 bits per heavy atom. The van der Waals surface area contributed by atoms with Gasteiger partial charge in [0.15, 0.2) is 0 Å². The van der Waals surface area contributed by atoms with Gasteiger partial charge in [0.05, 0.1) is 33.8 Å². The Morgan fingerprint density at radius 1 is 0.468 bits per heavy atom. The highest BCUT2D eigenvalue weighted by Gasteiger charge is 2.27. The van der Waals surface area contributed by atoms with Gasteiger partial charge in [-0.15, -0.1) is 0 Å². The van der Waals surface area contributed by atoms with Gasteiger partial charge in [0.2, 0.25) is 5.91 Å². The number of allylic oxidation sites excluding steroid dienone is 13. The van der Waals surface area contributed by atoms with Crippen molar-refractivity contribution in [1.82, 2.24) is 5.32 Å². The summed E-state index contributed by atoms with van der Waals surface area (Å²) in [5.41, 5.74) is 0. The first-order chi connectivity index (χ1) is 38.4. The minimum absolute atomic E-state index is 0.0284. The van der Waals surface area contributed by atoms with Crippen LogP contribution < -0.4 is 10.2 Å². The summed E-state index contributed by atoms with van der Waals surface area (Å²) in [6.45, 7) is 6.68. The van der Waals surface area contributed by atoms with Crippen LogP contribution in [-0.2, 0) is 27.9 Å². The van der Waals surface area contributed by atoms with Crippen LogP contribution in [-0.4, -0.2) is 69.4 Å². The summed E-state index contributed by atoms with van der Waals surface area (Å²) >= 11 is 0. The molecule has 0 aromatic carbocycles. The molecule has 0 heterocycles. The van der Waals surface area contributed by atoms with Gasteiger partial charge in [0.1, 0.15) is 19.3 Å². The first-order valence-electron chi connectivity index (χ1n) is 32.9. The highest BCUT2D eigenvalue weighted by Crippen LogP contribution is 2.38. The second-order valence-corrected chi connectivity index (χ2v) is 24.7. The Hall–Kier alpha value is -2.81. The first-order valence-corrected chi connectivity index (χ1v) is 34.4. The van der Waals surface area contributed by atoms with Crippen molar-refractivity contribution in [3.05, 3.63) is 85.1 Å². The topological polar surface area (TPSA) is 114 Å². The van der Waals surface area contributed by atoms with Crippen molar-refractivity contribution in [2.24, 2.45) is 0 Å². The van der Waals surface area contributed by atoms with E-state index in [4.69, 9.17) is 13.8 Å². The Balaban J connectivity index is 5.06. The minimum atomic E-state index is -4.71.